The van der Waals surface area contributed by atoms with Crippen LogP contribution in [0, 0.1) is 13.8 Å². The zero-order valence-corrected chi connectivity index (χ0v) is 12.6. The molecule has 0 saturated carbocycles. The molecule has 0 fully saturated rings. The predicted molar refractivity (Wildman–Crippen MR) is 80.3 cm³/mol. The molecule has 1 aromatic carbocycles. The van der Waals surface area contributed by atoms with Crippen molar-refractivity contribution in [1.82, 2.24) is 4.90 Å². The summed E-state index contributed by atoms with van der Waals surface area (Å²) in [6, 6.07) is 3.97. The lowest BCUT2D eigenvalue weighted by Gasteiger charge is -2.25. The molecule has 3 nitrogen and oxygen atoms in total. The summed E-state index contributed by atoms with van der Waals surface area (Å²) in [6.07, 6.45) is 2.05. The maximum atomic E-state index is 12.4. The number of benzene rings is 1. The van der Waals surface area contributed by atoms with Gasteiger partial charge >= 0.3 is 0 Å². The molecule has 4 heteroatoms. The monoisotopic (exact) mass is 266 g/mol. The van der Waals surface area contributed by atoms with Gasteiger partial charge in [-0.3, -0.25) is 4.79 Å². The zero-order valence-electron chi connectivity index (χ0n) is 11.8. The molecule has 0 radical (unpaired) electrons. The molecule has 0 saturated heterocycles. The molecule has 1 aromatic rings. The van der Waals surface area contributed by atoms with Gasteiger partial charge in [0.05, 0.1) is 0 Å². The van der Waals surface area contributed by atoms with Gasteiger partial charge in [-0.25, -0.2) is 0 Å². The fourth-order valence-corrected chi connectivity index (χ4v) is 2.55. The van der Waals surface area contributed by atoms with E-state index in [1.165, 1.54) is 0 Å². The number of thioether (sulfide) groups is 1. The molecule has 0 aliphatic rings. The number of nitrogens with two attached hydrogens (primary N) is 1. The molecule has 1 amide bonds. The number of carbonyl (C=O) groups excluding carboxylic acids is 1. The first-order chi connectivity index (χ1) is 8.38. The van der Waals surface area contributed by atoms with E-state index in [1.54, 1.807) is 22.7 Å². The van der Waals surface area contributed by atoms with Gasteiger partial charge in [-0.2, -0.15) is 11.8 Å². The highest BCUT2D eigenvalue weighted by Gasteiger charge is 2.19. The van der Waals surface area contributed by atoms with Crippen molar-refractivity contribution in [1.29, 1.82) is 0 Å². The molecule has 18 heavy (non-hydrogen) atoms. The van der Waals surface area contributed by atoms with Gasteiger partial charge in [-0.15, -0.1) is 0 Å². The topological polar surface area (TPSA) is 46.3 Å². The number of aryl methyl sites for hydroxylation is 2. The molecule has 1 atom stereocenters. The number of anilines is 1. The summed E-state index contributed by atoms with van der Waals surface area (Å²) >= 11 is 1.74. The largest absolute Gasteiger partial charge is 0.398 e. The number of hydrogen-bond acceptors (Lipinski definition) is 3. The third-order valence-electron chi connectivity index (χ3n) is 3.23. The second-order valence-electron chi connectivity index (χ2n) is 4.74. The minimum atomic E-state index is 0.0424. The van der Waals surface area contributed by atoms with Crippen molar-refractivity contribution in [3.05, 3.63) is 28.8 Å². The van der Waals surface area contributed by atoms with Crippen molar-refractivity contribution in [3.8, 4) is 0 Å². The van der Waals surface area contributed by atoms with Gasteiger partial charge in [-0.05, 0) is 44.2 Å². The first kappa shape index (κ1) is 14.9. The van der Waals surface area contributed by atoms with Gasteiger partial charge in [0.2, 0.25) is 0 Å². The molecule has 1 rings (SSSR count). The Morgan fingerprint density at radius 3 is 2.56 bits per heavy atom. The van der Waals surface area contributed by atoms with Crippen LogP contribution in [0.15, 0.2) is 12.1 Å². The summed E-state index contributed by atoms with van der Waals surface area (Å²) in [7, 11) is 1.85. The Morgan fingerprint density at radius 1 is 1.39 bits per heavy atom. The molecular formula is C14H22N2OS. The lowest BCUT2D eigenvalue weighted by molar-refractivity contribution is 0.0757. The Bertz CT molecular complexity index is 446. The van der Waals surface area contributed by atoms with E-state index in [1.807, 2.05) is 33.2 Å². The van der Waals surface area contributed by atoms with E-state index in [4.69, 9.17) is 5.73 Å². The van der Waals surface area contributed by atoms with Crippen molar-refractivity contribution < 1.29 is 4.79 Å². The lowest BCUT2D eigenvalue weighted by atomic mass is 10.0. The third kappa shape index (κ3) is 3.19. The van der Waals surface area contributed by atoms with E-state index >= 15 is 0 Å². The minimum Gasteiger partial charge on any atom is -0.398 e. The molecular weight excluding hydrogens is 244 g/mol. The van der Waals surface area contributed by atoms with Crippen LogP contribution in [0.3, 0.4) is 0 Å². The fraction of sp³-hybridized carbons (Fsp3) is 0.500. The molecule has 2 N–H and O–H groups in total. The summed E-state index contributed by atoms with van der Waals surface area (Å²) in [5.41, 5.74) is 9.26. The SMILES string of the molecule is CSCC(C)N(C)C(=O)c1cc(N)c(C)cc1C. The Kier molecular flexibility index (Phi) is 5.08. The second-order valence-corrected chi connectivity index (χ2v) is 5.65. The average Bonchev–Trinajstić information content (AvgIpc) is 2.32. The van der Waals surface area contributed by atoms with Crippen molar-refractivity contribution >= 4 is 23.4 Å². The molecule has 0 heterocycles. The van der Waals surface area contributed by atoms with Crippen LogP contribution in [-0.4, -0.2) is 35.9 Å². The van der Waals surface area contributed by atoms with Crippen molar-refractivity contribution in [2.75, 3.05) is 24.8 Å². The third-order valence-corrected chi connectivity index (χ3v) is 4.05. The van der Waals surface area contributed by atoms with Crippen LogP contribution >= 0.6 is 11.8 Å². The van der Waals surface area contributed by atoms with Gasteiger partial charge in [0.15, 0.2) is 0 Å². The van der Waals surface area contributed by atoms with Crippen molar-refractivity contribution in [2.45, 2.75) is 26.8 Å². The quantitative estimate of drug-likeness (QED) is 0.852. The maximum Gasteiger partial charge on any atom is 0.254 e. The van der Waals surface area contributed by atoms with Crippen LogP contribution in [-0.2, 0) is 0 Å². The van der Waals surface area contributed by atoms with Crippen LogP contribution in [0.25, 0.3) is 0 Å². The summed E-state index contributed by atoms with van der Waals surface area (Å²) in [5, 5.41) is 0. The highest BCUT2D eigenvalue weighted by Crippen LogP contribution is 2.20. The number of amides is 1. The first-order valence-electron chi connectivity index (χ1n) is 6.01. The summed E-state index contributed by atoms with van der Waals surface area (Å²) in [4.78, 5) is 14.2. The van der Waals surface area contributed by atoms with Gasteiger partial charge in [-0.1, -0.05) is 6.07 Å². The number of carbonyl (C=O) groups is 1. The Labute approximate surface area is 114 Å². The highest BCUT2D eigenvalue weighted by atomic mass is 32.2. The fourth-order valence-electron chi connectivity index (χ4n) is 1.84. The standard InChI is InChI=1S/C14H22N2OS/c1-9-6-10(2)13(15)7-12(9)14(17)16(4)11(3)8-18-5/h6-7,11H,8,15H2,1-5H3. The van der Waals surface area contributed by atoms with Gasteiger partial charge in [0, 0.05) is 30.1 Å². The second kappa shape index (κ2) is 6.14. The van der Waals surface area contributed by atoms with Crippen LogP contribution < -0.4 is 5.73 Å². The highest BCUT2D eigenvalue weighted by molar-refractivity contribution is 7.98. The number of rotatable bonds is 4. The van der Waals surface area contributed by atoms with E-state index < -0.39 is 0 Å². The van der Waals surface area contributed by atoms with Crippen LogP contribution in [0.4, 0.5) is 5.69 Å². The summed E-state index contributed by atoms with van der Waals surface area (Å²) < 4.78 is 0. The Balaban J connectivity index is 3.00. The van der Waals surface area contributed by atoms with Gasteiger partial charge in [0.1, 0.15) is 0 Å². The van der Waals surface area contributed by atoms with Crippen LogP contribution in [0.2, 0.25) is 0 Å². The van der Waals surface area contributed by atoms with Crippen LogP contribution in [0.5, 0.6) is 0 Å². The smallest absolute Gasteiger partial charge is 0.254 e. The van der Waals surface area contributed by atoms with E-state index in [0.29, 0.717) is 11.3 Å². The Morgan fingerprint density at radius 2 is 2.00 bits per heavy atom. The zero-order chi connectivity index (χ0) is 13.9. The minimum absolute atomic E-state index is 0.0424. The number of hydrogen-bond donors (Lipinski definition) is 1. The molecule has 0 aromatic heterocycles. The van der Waals surface area contributed by atoms with Crippen molar-refractivity contribution in [3.63, 3.8) is 0 Å². The molecule has 0 bridgehead atoms. The van der Waals surface area contributed by atoms with E-state index in [-0.39, 0.29) is 11.9 Å². The average molecular weight is 266 g/mol. The normalized spacial score (nSPS) is 12.3. The Hall–Kier alpha value is -1.16. The molecule has 0 spiro atoms. The van der Waals surface area contributed by atoms with E-state index in [0.717, 1.165) is 16.9 Å². The van der Waals surface area contributed by atoms with Crippen LogP contribution in [0.1, 0.15) is 28.4 Å². The summed E-state index contributed by atoms with van der Waals surface area (Å²) in [5.74, 6) is 0.976. The number of nitrogens with zero attached hydrogens (tertiary/aromatic N) is 1. The van der Waals surface area contributed by atoms with Gasteiger partial charge in [0.25, 0.3) is 5.91 Å². The maximum absolute atomic E-state index is 12.4. The van der Waals surface area contributed by atoms with E-state index in [9.17, 15) is 4.79 Å². The van der Waals surface area contributed by atoms with Crippen molar-refractivity contribution in [2.24, 2.45) is 0 Å². The molecule has 1 unspecified atom stereocenters. The number of nitrogen functional groups attached to an aromatic ring is 1. The molecule has 0 aliphatic heterocycles. The summed E-state index contributed by atoms with van der Waals surface area (Å²) in [6.45, 7) is 5.96. The lowest BCUT2D eigenvalue weighted by Crippen LogP contribution is -2.37. The molecule has 0 aliphatic carbocycles. The predicted octanol–water partition coefficient (Wildman–Crippen LogP) is 2.71. The van der Waals surface area contributed by atoms with E-state index in [2.05, 4.69) is 6.92 Å². The van der Waals surface area contributed by atoms with Gasteiger partial charge < -0.3 is 10.6 Å². The first-order valence-corrected chi connectivity index (χ1v) is 7.40. The molecule has 100 valence electrons.